The Labute approximate surface area is 307 Å². The number of anilines is 3. The summed E-state index contributed by atoms with van der Waals surface area (Å²) in [4.78, 5) is 2.46. The van der Waals surface area contributed by atoms with Crippen molar-refractivity contribution in [2.45, 2.75) is 12.8 Å². The molecular weight excluding hydrogens is 645 g/mol. The molecule has 1 aliphatic carbocycles. The maximum Gasteiger partial charge on any atom is 0.136 e. The highest BCUT2D eigenvalue weighted by atomic mass is 16.3. The SMILES string of the molecule is C1=Cc2c(c3cc(N(c4cccc(-c5ccccc5)c4)c4cc5ccccc5c5cc6c(cc45)oc4ccccc46)ccc3n2-c2ccccc2)CC1. The summed E-state index contributed by atoms with van der Waals surface area (Å²) in [6.07, 6.45) is 6.67. The lowest BCUT2D eigenvalue weighted by Crippen LogP contribution is -2.11. The first-order valence-corrected chi connectivity index (χ1v) is 18.4. The molecule has 1 aliphatic rings. The van der Waals surface area contributed by atoms with Crippen molar-refractivity contribution in [3.63, 3.8) is 0 Å². The van der Waals surface area contributed by atoms with Crippen LogP contribution in [0.15, 0.2) is 180 Å². The Morgan fingerprint density at radius 3 is 2.13 bits per heavy atom. The zero-order valence-electron chi connectivity index (χ0n) is 29.0. The molecule has 2 heterocycles. The van der Waals surface area contributed by atoms with E-state index in [-0.39, 0.29) is 0 Å². The molecule has 0 saturated heterocycles. The van der Waals surface area contributed by atoms with E-state index in [1.807, 2.05) is 6.07 Å². The molecule has 0 spiro atoms. The first-order valence-electron chi connectivity index (χ1n) is 18.4. The van der Waals surface area contributed by atoms with Crippen LogP contribution in [-0.4, -0.2) is 4.57 Å². The van der Waals surface area contributed by atoms with Gasteiger partial charge in [0.15, 0.2) is 0 Å². The van der Waals surface area contributed by atoms with Crippen LogP contribution < -0.4 is 4.90 Å². The summed E-state index contributed by atoms with van der Waals surface area (Å²) in [7, 11) is 0. The number of allylic oxidation sites excluding steroid dienone is 1. The summed E-state index contributed by atoms with van der Waals surface area (Å²) < 4.78 is 8.96. The lowest BCUT2D eigenvalue weighted by atomic mass is 9.96. The lowest BCUT2D eigenvalue weighted by Gasteiger charge is -2.28. The van der Waals surface area contributed by atoms with E-state index in [1.54, 1.807) is 0 Å². The standard InChI is InChI=1S/C50H34N2O/c1-3-14-33(15-4-1)34-17-13-20-37(28-34)51(38-26-27-47-43(30-38)40-22-9-11-24-46(40)52(47)36-18-5-2-6-19-36)48-29-35-16-7-8-21-39(35)42-31-45-41-23-10-12-25-49(41)53-50(45)32-44(42)48/h1-8,10-21,23-32H,9,22H2. The molecule has 0 N–H and O–H groups in total. The molecule has 8 aromatic carbocycles. The summed E-state index contributed by atoms with van der Waals surface area (Å²) in [5.41, 5.74) is 12.6. The fraction of sp³-hybridized carbons (Fsp3) is 0.0400. The van der Waals surface area contributed by atoms with Gasteiger partial charge in [-0.25, -0.2) is 0 Å². The molecular formula is C50H34N2O. The zero-order chi connectivity index (χ0) is 34.9. The molecule has 0 aliphatic heterocycles. The largest absolute Gasteiger partial charge is 0.456 e. The molecule has 0 fully saturated rings. The van der Waals surface area contributed by atoms with Crippen LogP contribution in [0.2, 0.25) is 0 Å². The molecule has 2 aromatic heterocycles. The lowest BCUT2D eigenvalue weighted by molar-refractivity contribution is 0.669. The highest BCUT2D eigenvalue weighted by Gasteiger charge is 2.23. The van der Waals surface area contributed by atoms with Gasteiger partial charge in [0.2, 0.25) is 0 Å². The second kappa shape index (κ2) is 11.9. The average Bonchev–Trinajstić information content (AvgIpc) is 3.76. The number of nitrogens with zero attached hydrogens (tertiary/aromatic N) is 2. The van der Waals surface area contributed by atoms with Gasteiger partial charge in [0, 0.05) is 44.3 Å². The van der Waals surface area contributed by atoms with Gasteiger partial charge in [-0.05, 0) is 118 Å². The fourth-order valence-corrected chi connectivity index (χ4v) is 8.58. The number of aromatic nitrogens is 1. The van der Waals surface area contributed by atoms with Crippen molar-refractivity contribution in [1.82, 2.24) is 4.57 Å². The Hall–Kier alpha value is -6.84. The Morgan fingerprint density at radius 2 is 1.25 bits per heavy atom. The molecule has 0 bridgehead atoms. The minimum atomic E-state index is 0.893. The van der Waals surface area contributed by atoms with Gasteiger partial charge in [0.1, 0.15) is 11.2 Å². The van der Waals surface area contributed by atoms with Crippen molar-refractivity contribution in [3.05, 3.63) is 187 Å². The van der Waals surface area contributed by atoms with Gasteiger partial charge in [-0.1, -0.05) is 109 Å². The number of rotatable bonds is 5. The Kier molecular flexibility index (Phi) is 6.68. The van der Waals surface area contributed by atoms with E-state index in [4.69, 9.17) is 4.42 Å². The first kappa shape index (κ1) is 29.8. The summed E-state index contributed by atoms with van der Waals surface area (Å²) >= 11 is 0. The van der Waals surface area contributed by atoms with Crippen molar-refractivity contribution < 1.29 is 4.42 Å². The Morgan fingerprint density at radius 1 is 0.491 bits per heavy atom. The quantitative estimate of drug-likeness (QED) is 0.169. The van der Waals surface area contributed by atoms with Crippen LogP contribution in [0.4, 0.5) is 17.1 Å². The van der Waals surface area contributed by atoms with Gasteiger partial charge in [-0.15, -0.1) is 0 Å². The summed E-state index contributed by atoms with van der Waals surface area (Å²) in [5.74, 6) is 0. The third kappa shape index (κ3) is 4.74. The number of benzene rings is 8. The highest BCUT2D eigenvalue weighted by molar-refractivity contribution is 6.20. The van der Waals surface area contributed by atoms with Crippen LogP contribution in [0.3, 0.4) is 0 Å². The second-order valence-corrected chi connectivity index (χ2v) is 14.0. The molecule has 3 heteroatoms. The number of aryl methyl sites for hydroxylation is 1. The van der Waals surface area contributed by atoms with E-state index < -0.39 is 0 Å². The fourth-order valence-electron chi connectivity index (χ4n) is 8.58. The molecule has 250 valence electrons. The van der Waals surface area contributed by atoms with Gasteiger partial charge in [-0.2, -0.15) is 0 Å². The van der Waals surface area contributed by atoms with Crippen LogP contribution in [-0.2, 0) is 6.42 Å². The first-order chi connectivity index (χ1) is 26.3. The van der Waals surface area contributed by atoms with E-state index in [0.717, 1.165) is 57.2 Å². The number of hydrogen-bond donors (Lipinski definition) is 0. The average molecular weight is 679 g/mol. The van der Waals surface area contributed by atoms with E-state index in [1.165, 1.54) is 55.1 Å². The van der Waals surface area contributed by atoms with Crippen LogP contribution in [0.25, 0.3) is 77.3 Å². The molecule has 0 unspecified atom stereocenters. The van der Waals surface area contributed by atoms with Crippen LogP contribution in [0.1, 0.15) is 17.7 Å². The molecule has 3 nitrogen and oxygen atoms in total. The summed E-state index contributed by atoms with van der Waals surface area (Å²) in [5, 5.41) is 8.35. The maximum atomic E-state index is 6.53. The van der Waals surface area contributed by atoms with E-state index in [2.05, 4.69) is 185 Å². The van der Waals surface area contributed by atoms with Crippen LogP contribution in [0.5, 0.6) is 0 Å². The van der Waals surface area contributed by atoms with E-state index in [0.29, 0.717) is 0 Å². The number of furan rings is 1. The molecule has 0 saturated carbocycles. The van der Waals surface area contributed by atoms with Crippen molar-refractivity contribution >= 4 is 77.5 Å². The summed E-state index contributed by atoms with van der Waals surface area (Å²) in [6, 6.07) is 61.5. The third-order valence-electron chi connectivity index (χ3n) is 11.0. The molecule has 11 rings (SSSR count). The summed E-state index contributed by atoms with van der Waals surface area (Å²) in [6.45, 7) is 0. The van der Waals surface area contributed by atoms with Gasteiger partial charge < -0.3 is 13.9 Å². The molecule has 0 radical (unpaired) electrons. The van der Waals surface area contributed by atoms with Crippen molar-refractivity contribution in [1.29, 1.82) is 0 Å². The van der Waals surface area contributed by atoms with E-state index in [9.17, 15) is 0 Å². The minimum Gasteiger partial charge on any atom is -0.456 e. The molecule has 0 atom stereocenters. The molecule has 53 heavy (non-hydrogen) atoms. The number of hydrogen-bond acceptors (Lipinski definition) is 2. The van der Waals surface area contributed by atoms with Crippen LogP contribution in [0, 0.1) is 0 Å². The van der Waals surface area contributed by atoms with Crippen molar-refractivity contribution in [2.75, 3.05) is 4.90 Å². The van der Waals surface area contributed by atoms with Gasteiger partial charge in [0.05, 0.1) is 11.2 Å². The second-order valence-electron chi connectivity index (χ2n) is 14.0. The topological polar surface area (TPSA) is 21.3 Å². The monoisotopic (exact) mass is 678 g/mol. The van der Waals surface area contributed by atoms with Gasteiger partial charge >= 0.3 is 0 Å². The maximum absolute atomic E-state index is 6.53. The van der Waals surface area contributed by atoms with Gasteiger partial charge in [0.25, 0.3) is 0 Å². The number of fused-ring (bicyclic) bond motifs is 9. The van der Waals surface area contributed by atoms with Crippen LogP contribution >= 0.6 is 0 Å². The predicted molar refractivity (Wildman–Crippen MR) is 223 cm³/mol. The van der Waals surface area contributed by atoms with Crippen molar-refractivity contribution in [2.24, 2.45) is 0 Å². The van der Waals surface area contributed by atoms with Crippen molar-refractivity contribution in [3.8, 4) is 16.8 Å². The molecule has 10 aromatic rings. The number of para-hydroxylation sites is 2. The van der Waals surface area contributed by atoms with Gasteiger partial charge in [-0.3, -0.25) is 0 Å². The predicted octanol–water partition coefficient (Wildman–Crippen LogP) is 13.9. The smallest absolute Gasteiger partial charge is 0.136 e. The highest BCUT2D eigenvalue weighted by Crippen LogP contribution is 2.46. The normalized spacial score (nSPS) is 12.7. The zero-order valence-corrected chi connectivity index (χ0v) is 29.0. The Bertz CT molecular complexity index is 3060. The third-order valence-corrected chi connectivity index (χ3v) is 11.0. The molecule has 0 amide bonds. The Balaban J connectivity index is 1.22. The minimum absolute atomic E-state index is 0.893. The van der Waals surface area contributed by atoms with E-state index >= 15 is 0 Å².